The molecule has 0 amide bonds. The summed E-state index contributed by atoms with van der Waals surface area (Å²) >= 11 is 0. The number of ether oxygens (including phenoxy) is 2. The summed E-state index contributed by atoms with van der Waals surface area (Å²) in [6.45, 7) is 1.82. The molecule has 0 radical (unpaired) electrons. The van der Waals surface area contributed by atoms with Gasteiger partial charge in [0.1, 0.15) is 0 Å². The van der Waals surface area contributed by atoms with Gasteiger partial charge < -0.3 is 14.8 Å². The first-order valence-corrected chi connectivity index (χ1v) is 6.49. The van der Waals surface area contributed by atoms with Crippen molar-refractivity contribution in [3.8, 4) is 0 Å². The van der Waals surface area contributed by atoms with Crippen LogP contribution in [0.25, 0.3) is 0 Å². The van der Waals surface area contributed by atoms with Gasteiger partial charge in [0, 0.05) is 11.6 Å². The normalized spacial score (nSPS) is 33.8. The van der Waals surface area contributed by atoms with Gasteiger partial charge in [-0.1, -0.05) is 36.8 Å². The summed E-state index contributed by atoms with van der Waals surface area (Å²) in [6.07, 6.45) is 3.82. The van der Waals surface area contributed by atoms with E-state index in [0.717, 1.165) is 12.1 Å². The van der Waals surface area contributed by atoms with E-state index in [1.807, 2.05) is 18.2 Å². The van der Waals surface area contributed by atoms with E-state index in [1.54, 1.807) is 0 Å². The fourth-order valence-corrected chi connectivity index (χ4v) is 2.61. The Balaban J connectivity index is 1.61. The molecular weight excluding hydrogens is 214 g/mol. The molecule has 1 N–H and O–H groups in total. The lowest BCUT2D eigenvalue weighted by Gasteiger charge is -2.27. The molecule has 17 heavy (non-hydrogen) atoms. The van der Waals surface area contributed by atoms with Crippen molar-refractivity contribution in [3.63, 3.8) is 0 Å². The standard InChI is InChI=1S/C14H19NO2/c1-2-6-11(7-3-1)14-16-10-13(17-14)12-8-4-5-9-15-12/h1-3,6-7,12-15H,4-5,8-10H2/t12-,13-,14+/m1/s1. The monoisotopic (exact) mass is 233 g/mol. The van der Waals surface area contributed by atoms with Gasteiger partial charge >= 0.3 is 0 Å². The predicted molar refractivity (Wildman–Crippen MR) is 65.6 cm³/mol. The van der Waals surface area contributed by atoms with Crippen molar-refractivity contribution in [2.24, 2.45) is 0 Å². The molecule has 92 valence electrons. The number of hydrogen-bond donors (Lipinski definition) is 1. The Bertz CT molecular complexity index is 348. The summed E-state index contributed by atoms with van der Waals surface area (Å²) < 4.78 is 11.7. The van der Waals surface area contributed by atoms with E-state index in [2.05, 4.69) is 17.4 Å². The van der Waals surface area contributed by atoms with E-state index in [1.165, 1.54) is 19.3 Å². The molecule has 3 rings (SSSR count). The van der Waals surface area contributed by atoms with Crippen molar-refractivity contribution in [2.45, 2.75) is 37.7 Å². The molecule has 2 aliphatic rings. The first-order chi connectivity index (χ1) is 8.43. The molecule has 0 aromatic heterocycles. The second kappa shape index (κ2) is 5.17. The van der Waals surface area contributed by atoms with E-state index >= 15 is 0 Å². The highest BCUT2D eigenvalue weighted by atomic mass is 16.7. The fourth-order valence-electron chi connectivity index (χ4n) is 2.61. The lowest BCUT2D eigenvalue weighted by Crippen LogP contribution is -2.44. The Morgan fingerprint density at radius 1 is 1.12 bits per heavy atom. The van der Waals surface area contributed by atoms with Crippen LogP contribution in [0.4, 0.5) is 0 Å². The zero-order chi connectivity index (χ0) is 11.5. The van der Waals surface area contributed by atoms with Crippen molar-refractivity contribution in [2.75, 3.05) is 13.2 Å². The molecule has 0 bridgehead atoms. The van der Waals surface area contributed by atoms with Crippen LogP contribution >= 0.6 is 0 Å². The third-order valence-electron chi connectivity index (χ3n) is 3.58. The quantitative estimate of drug-likeness (QED) is 0.849. The van der Waals surface area contributed by atoms with Gasteiger partial charge in [0.05, 0.1) is 12.7 Å². The molecule has 3 nitrogen and oxygen atoms in total. The Kier molecular flexibility index (Phi) is 3.41. The van der Waals surface area contributed by atoms with Crippen LogP contribution in [0, 0.1) is 0 Å². The van der Waals surface area contributed by atoms with Gasteiger partial charge in [-0.3, -0.25) is 0 Å². The smallest absolute Gasteiger partial charge is 0.184 e. The Hall–Kier alpha value is -0.900. The van der Waals surface area contributed by atoms with E-state index < -0.39 is 0 Å². The van der Waals surface area contributed by atoms with E-state index in [9.17, 15) is 0 Å². The molecule has 3 atom stereocenters. The van der Waals surface area contributed by atoms with Crippen LogP contribution in [0.3, 0.4) is 0 Å². The maximum absolute atomic E-state index is 6.00. The molecular formula is C14H19NO2. The van der Waals surface area contributed by atoms with Crippen molar-refractivity contribution in [1.82, 2.24) is 5.32 Å². The van der Waals surface area contributed by atoms with Crippen molar-refractivity contribution in [1.29, 1.82) is 0 Å². The minimum absolute atomic E-state index is 0.176. The van der Waals surface area contributed by atoms with Crippen molar-refractivity contribution < 1.29 is 9.47 Å². The van der Waals surface area contributed by atoms with Crippen LogP contribution < -0.4 is 5.32 Å². The van der Waals surface area contributed by atoms with Gasteiger partial charge in [0.15, 0.2) is 6.29 Å². The maximum Gasteiger partial charge on any atom is 0.184 e. The molecule has 3 heteroatoms. The molecule has 2 saturated heterocycles. The Morgan fingerprint density at radius 2 is 2.00 bits per heavy atom. The second-order valence-corrected chi connectivity index (χ2v) is 4.81. The molecule has 2 fully saturated rings. The van der Waals surface area contributed by atoms with Gasteiger partial charge in [-0.05, 0) is 19.4 Å². The zero-order valence-corrected chi connectivity index (χ0v) is 9.97. The topological polar surface area (TPSA) is 30.5 Å². The minimum atomic E-state index is -0.176. The van der Waals surface area contributed by atoms with Crippen LogP contribution in [0.2, 0.25) is 0 Å². The molecule has 0 saturated carbocycles. The van der Waals surface area contributed by atoms with Crippen LogP contribution in [0.5, 0.6) is 0 Å². The first kappa shape index (κ1) is 11.2. The third kappa shape index (κ3) is 2.51. The third-order valence-corrected chi connectivity index (χ3v) is 3.58. The molecule has 2 heterocycles. The fraction of sp³-hybridized carbons (Fsp3) is 0.571. The molecule has 0 aliphatic carbocycles. The first-order valence-electron chi connectivity index (χ1n) is 6.49. The van der Waals surface area contributed by atoms with E-state index in [0.29, 0.717) is 12.6 Å². The molecule has 1 aromatic carbocycles. The Morgan fingerprint density at radius 3 is 2.76 bits per heavy atom. The SMILES string of the molecule is c1ccc([C@H]2OC[C@H]([C@H]3CCCCN3)O2)cc1. The number of nitrogens with one attached hydrogen (secondary N) is 1. The zero-order valence-electron chi connectivity index (χ0n) is 9.97. The lowest BCUT2D eigenvalue weighted by atomic mass is 10.0. The van der Waals surface area contributed by atoms with E-state index in [-0.39, 0.29) is 12.4 Å². The van der Waals surface area contributed by atoms with Crippen LogP contribution in [-0.4, -0.2) is 25.3 Å². The average molecular weight is 233 g/mol. The average Bonchev–Trinajstić information content (AvgIpc) is 2.90. The molecule has 2 aliphatic heterocycles. The summed E-state index contributed by atoms with van der Waals surface area (Å²) in [5, 5.41) is 3.53. The lowest BCUT2D eigenvalue weighted by molar-refractivity contribution is -0.0668. The maximum atomic E-state index is 6.00. The minimum Gasteiger partial charge on any atom is -0.346 e. The highest BCUT2D eigenvalue weighted by Crippen LogP contribution is 2.29. The van der Waals surface area contributed by atoms with Crippen molar-refractivity contribution in [3.05, 3.63) is 35.9 Å². The number of rotatable bonds is 2. The van der Waals surface area contributed by atoms with E-state index in [4.69, 9.17) is 9.47 Å². The van der Waals surface area contributed by atoms with Crippen LogP contribution in [-0.2, 0) is 9.47 Å². The number of benzene rings is 1. The molecule has 0 spiro atoms. The van der Waals surface area contributed by atoms with Crippen LogP contribution in [0.15, 0.2) is 30.3 Å². The van der Waals surface area contributed by atoms with Gasteiger partial charge in [-0.25, -0.2) is 0 Å². The van der Waals surface area contributed by atoms with Crippen molar-refractivity contribution >= 4 is 0 Å². The largest absolute Gasteiger partial charge is 0.346 e. The summed E-state index contributed by atoms with van der Waals surface area (Å²) in [5.41, 5.74) is 1.12. The van der Waals surface area contributed by atoms with Gasteiger partial charge in [-0.15, -0.1) is 0 Å². The summed E-state index contributed by atoms with van der Waals surface area (Å²) in [7, 11) is 0. The highest BCUT2D eigenvalue weighted by molar-refractivity contribution is 5.16. The summed E-state index contributed by atoms with van der Waals surface area (Å²) in [6, 6.07) is 10.6. The molecule has 0 unspecified atom stereocenters. The van der Waals surface area contributed by atoms with Gasteiger partial charge in [0.2, 0.25) is 0 Å². The Labute approximate surface area is 102 Å². The predicted octanol–water partition coefficient (Wildman–Crippen LogP) is 2.24. The second-order valence-electron chi connectivity index (χ2n) is 4.81. The van der Waals surface area contributed by atoms with Gasteiger partial charge in [0.25, 0.3) is 0 Å². The van der Waals surface area contributed by atoms with Gasteiger partial charge in [-0.2, -0.15) is 0 Å². The highest BCUT2D eigenvalue weighted by Gasteiger charge is 2.33. The molecule has 1 aromatic rings. The summed E-state index contributed by atoms with van der Waals surface area (Å²) in [4.78, 5) is 0. The number of piperidine rings is 1. The summed E-state index contributed by atoms with van der Waals surface area (Å²) in [5.74, 6) is 0. The number of hydrogen-bond acceptors (Lipinski definition) is 3. The van der Waals surface area contributed by atoms with Crippen LogP contribution in [0.1, 0.15) is 31.1 Å².